The van der Waals surface area contributed by atoms with E-state index in [-0.39, 0.29) is 5.97 Å². The average Bonchev–Trinajstić information content (AvgIpc) is 2.28. The zero-order chi connectivity index (χ0) is 11.6. The number of ether oxygens (including phenoxy) is 3. The minimum Gasteiger partial charge on any atom is -0.497 e. The van der Waals surface area contributed by atoms with E-state index >= 15 is 0 Å². The second-order valence-corrected chi connectivity index (χ2v) is 3.79. The largest absolute Gasteiger partial charge is 0.497 e. The lowest BCUT2D eigenvalue weighted by atomic mass is 9.78. The topological polar surface area (TPSA) is 44.8 Å². The highest BCUT2D eigenvalue weighted by atomic mass is 16.5. The van der Waals surface area contributed by atoms with E-state index in [0.717, 1.165) is 11.3 Å². The van der Waals surface area contributed by atoms with Gasteiger partial charge in [0, 0.05) is 0 Å². The van der Waals surface area contributed by atoms with Crippen LogP contribution in [0.15, 0.2) is 24.3 Å². The summed E-state index contributed by atoms with van der Waals surface area (Å²) in [7, 11) is 3.00. The first kappa shape index (κ1) is 11.0. The maximum Gasteiger partial charge on any atom is 0.321 e. The molecule has 0 unspecified atom stereocenters. The van der Waals surface area contributed by atoms with Gasteiger partial charge in [0.25, 0.3) is 0 Å². The molecule has 2 rings (SSSR count). The van der Waals surface area contributed by atoms with Gasteiger partial charge in [0.1, 0.15) is 11.2 Å². The summed E-state index contributed by atoms with van der Waals surface area (Å²) in [5, 5.41) is 0. The Hall–Kier alpha value is -1.55. The number of benzene rings is 1. The molecule has 1 fully saturated rings. The molecule has 1 aliphatic rings. The van der Waals surface area contributed by atoms with Crippen molar-refractivity contribution < 1.29 is 19.0 Å². The quantitative estimate of drug-likeness (QED) is 0.719. The lowest BCUT2D eigenvalue weighted by Gasteiger charge is -2.38. The van der Waals surface area contributed by atoms with Crippen LogP contribution in [0.1, 0.15) is 5.56 Å². The molecule has 0 atom stereocenters. The normalized spacial score (nSPS) is 17.4. The molecule has 1 aliphatic heterocycles. The number of methoxy groups -OCH3 is 2. The molecule has 4 heteroatoms. The Labute approximate surface area is 94.1 Å². The molecule has 86 valence electrons. The van der Waals surface area contributed by atoms with E-state index in [0.29, 0.717) is 13.2 Å². The summed E-state index contributed by atoms with van der Waals surface area (Å²) in [6, 6.07) is 7.41. The van der Waals surface area contributed by atoms with Crippen LogP contribution < -0.4 is 4.74 Å². The Morgan fingerprint density at radius 2 is 1.88 bits per heavy atom. The van der Waals surface area contributed by atoms with Crippen molar-refractivity contribution >= 4 is 5.97 Å². The van der Waals surface area contributed by atoms with E-state index in [4.69, 9.17) is 14.2 Å². The molecule has 0 bridgehead atoms. The van der Waals surface area contributed by atoms with Crippen LogP contribution >= 0.6 is 0 Å². The molecule has 1 aromatic carbocycles. The Balaban J connectivity index is 2.30. The second-order valence-electron chi connectivity index (χ2n) is 3.79. The Morgan fingerprint density at radius 3 is 2.25 bits per heavy atom. The van der Waals surface area contributed by atoms with Crippen molar-refractivity contribution in [1.82, 2.24) is 0 Å². The lowest BCUT2D eigenvalue weighted by Crippen LogP contribution is -2.53. The van der Waals surface area contributed by atoms with Crippen molar-refractivity contribution in [2.24, 2.45) is 0 Å². The zero-order valence-corrected chi connectivity index (χ0v) is 9.36. The van der Waals surface area contributed by atoms with Crippen molar-refractivity contribution in [2.45, 2.75) is 5.41 Å². The number of carbonyl (C=O) groups excluding carboxylic acids is 1. The van der Waals surface area contributed by atoms with Crippen molar-refractivity contribution in [1.29, 1.82) is 0 Å². The van der Waals surface area contributed by atoms with Crippen molar-refractivity contribution in [3.8, 4) is 5.75 Å². The van der Waals surface area contributed by atoms with Gasteiger partial charge in [-0.05, 0) is 17.7 Å². The molecule has 4 nitrogen and oxygen atoms in total. The number of carbonyl (C=O) groups is 1. The maximum absolute atomic E-state index is 11.7. The van der Waals surface area contributed by atoms with Crippen LogP contribution in [-0.2, 0) is 19.7 Å². The monoisotopic (exact) mass is 222 g/mol. The van der Waals surface area contributed by atoms with Crippen LogP contribution in [0.25, 0.3) is 0 Å². The van der Waals surface area contributed by atoms with Crippen molar-refractivity contribution in [3.63, 3.8) is 0 Å². The first-order chi connectivity index (χ1) is 7.73. The molecule has 0 aliphatic carbocycles. The minimum absolute atomic E-state index is 0.246. The Bertz CT molecular complexity index is 379. The van der Waals surface area contributed by atoms with Gasteiger partial charge in [0.2, 0.25) is 0 Å². The molecule has 1 heterocycles. The Morgan fingerprint density at radius 1 is 1.25 bits per heavy atom. The fraction of sp³-hybridized carbons (Fsp3) is 0.417. The van der Waals surface area contributed by atoms with E-state index in [1.165, 1.54) is 7.11 Å². The fourth-order valence-electron chi connectivity index (χ4n) is 1.81. The summed E-state index contributed by atoms with van der Waals surface area (Å²) in [6.45, 7) is 0.762. The molecule has 0 amide bonds. The summed E-state index contributed by atoms with van der Waals surface area (Å²) in [5.74, 6) is 0.521. The third-order valence-corrected chi connectivity index (χ3v) is 2.92. The van der Waals surface area contributed by atoms with Gasteiger partial charge in [-0.15, -0.1) is 0 Å². The molecule has 1 saturated heterocycles. The van der Waals surface area contributed by atoms with Gasteiger partial charge in [-0.25, -0.2) is 0 Å². The third-order valence-electron chi connectivity index (χ3n) is 2.92. The smallest absolute Gasteiger partial charge is 0.321 e. The molecular weight excluding hydrogens is 208 g/mol. The number of rotatable bonds is 3. The van der Waals surface area contributed by atoms with E-state index in [1.807, 2.05) is 24.3 Å². The van der Waals surface area contributed by atoms with Gasteiger partial charge < -0.3 is 14.2 Å². The van der Waals surface area contributed by atoms with Crippen LogP contribution in [-0.4, -0.2) is 33.4 Å². The van der Waals surface area contributed by atoms with Gasteiger partial charge in [-0.1, -0.05) is 12.1 Å². The van der Waals surface area contributed by atoms with E-state index < -0.39 is 5.41 Å². The standard InChI is InChI=1S/C12H14O4/c1-14-10-5-3-9(4-6-10)12(7-16-8-12)11(13)15-2/h3-6H,7-8H2,1-2H3. The molecule has 1 aromatic rings. The zero-order valence-electron chi connectivity index (χ0n) is 9.36. The molecule has 0 N–H and O–H groups in total. The lowest BCUT2D eigenvalue weighted by molar-refractivity contribution is -0.166. The SMILES string of the molecule is COC(=O)C1(c2ccc(OC)cc2)COC1. The molecule has 0 spiro atoms. The predicted octanol–water partition coefficient (Wildman–Crippen LogP) is 1.14. The van der Waals surface area contributed by atoms with Gasteiger partial charge in [0.15, 0.2) is 0 Å². The number of hydrogen-bond acceptors (Lipinski definition) is 4. The van der Waals surface area contributed by atoms with Crippen LogP contribution in [0, 0.1) is 0 Å². The van der Waals surface area contributed by atoms with Gasteiger partial charge in [0.05, 0.1) is 27.4 Å². The molecule has 0 saturated carbocycles. The van der Waals surface area contributed by atoms with Gasteiger partial charge in [-0.2, -0.15) is 0 Å². The maximum atomic E-state index is 11.7. The highest BCUT2D eigenvalue weighted by Crippen LogP contribution is 2.34. The van der Waals surface area contributed by atoms with Crippen LogP contribution in [0.4, 0.5) is 0 Å². The summed E-state index contributed by atoms with van der Waals surface area (Å²) >= 11 is 0. The summed E-state index contributed by atoms with van der Waals surface area (Å²) in [6.07, 6.45) is 0. The molecular formula is C12H14O4. The highest BCUT2D eigenvalue weighted by Gasteiger charge is 2.48. The van der Waals surface area contributed by atoms with Crippen molar-refractivity contribution in [2.75, 3.05) is 27.4 Å². The first-order valence-electron chi connectivity index (χ1n) is 5.03. The highest BCUT2D eigenvalue weighted by molar-refractivity contribution is 5.84. The first-order valence-corrected chi connectivity index (χ1v) is 5.03. The predicted molar refractivity (Wildman–Crippen MR) is 57.5 cm³/mol. The van der Waals surface area contributed by atoms with Crippen molar-refractivity contribution in [3.05, 3.63) is 29.8 Å². The number of esters is 1. The number of hydrogen-bond donors (Lipinski definition) is 0. The molecule has 0 aromatic heterocycles. The third kappa shape index (κ3) is 1.55. The minimum atomic E-state index is -0.624. The average molecular weight is 222 g/mol. The second kappa shape index (κ2) is 4.14. The van der Waals surface area contributed by atoms with Crippen LogP contribution in [0.5, 0.6) is 5.75 Å². The Kier molecular flexibility index (Phi) is 2.83. The van der Waals surface area contributed by atoms with Crippen LogP contribution in [0.3, 0.4) is 0 Å². The molecule has 16 heavy (non-hydrogen) atoms. The van der Waals surface area contributed by atoms with E-state index in [1.54, 1.807) is 7.11 Å². The molecule has 0 radical (unpaired) electrons. The van der Waals surface area contributed by atoms with Gasteiger partial charge in [-0.3, -0.25) is 4.79 Å². The van der Waals surface area contributed by atoms with E-state index in [2.05, 4.69) is 0 Å². The summed E-state index contributed by atoms with van der Waals surface area (Å²) in [4.78, 5) is 11.7. The fourth-order valence-corrected chi connectivity index (χ4v) is 1.81. The summed E-state index contributed by atoms with van der Waals surface area (Å²) in [5.41, 5.74) is 0.285. The van der Waals surface area contributed by atoms with Crippen LogP contribution in [0.2, 0.25) is 0 Å². The van der Waals surface area contributed by atoms with Gasteiger partial charge >= 0.3 is 5.97 Å². The summed E-state index contributed by atoms with van der Waals surface area (Å²) < 4.78 is 15.0. The van der Waals surface area contributed by atoms with E-state index in [9.17, 15) is 4.79 Å².